The van der Waals surface area contributed by atoms with Crippen LogP contribution in [-0.4, -0.2) is 82.1 Å². The van der Waals surface area contributed by atoms with Gasteiger partial charge in [0.25, 0.3) is 0 Å². The molecular weight excluding hydrogens is 416 g/mol. The molecule has 2 aliphatic heterocycles. The molecule has 1 N–H and O–H groups in total. The van der Waals surface area contributed by atoms with E-state index in [0.717, 1.165) is 5.70 Å². The summed E-state index contributed by atoms with van der Waals surface area (Å²) in [7, 11) is 0. The monoisotopic (exact) mass is 446 g/mol. The highest BCUT2D eigenvalue weighted by Crippen LogP contribution is 2.26. The molecule has 2 bridgehead atoms. The molecule has 3 rings (SSSR count). The van der Waals surface area contributed by atoms with Crippen LogP contribution in [0.2, 0.25) is 0 Å². The van der Waals surface area contributed by atoms with Gasteiger partial charge in [-0.05, 0) is 39.8 Å². The summed E-state index contributed by atoms with van der Waals surface area (Å²) in [6.07, 6.45) is 4.90. The minimum absolute atomic E-state index is 0.165. The Kier molecular flexibility index (Phi) is 7.18. The van der Waals surface area contributed by atoms with Crippen molar-refractivity contribution in [3.8, 4) is 0 Å². The minimum atomic E-state index is -0.549. The van der Waals surface area contributed by atoms with Crippen LogP contribution in [0.5, 0.6) is 0 Å². The molecule has 174 valence electrons. The van der Waals surface area contributed by atoms with Gasteiger partial charge in [0.2, 0.25) is 0 Å². The van der Waals surface area contributed by atoms with Crippen LogP contribution in [0.4, 0.5) is 9.59 Å². The van der Waals surface area contributed by atoms with Gasteiger partial charge in [-0.25, -0.2) is 14.3 Å². The molecule has 1 aromatic heterocycles. The molecule has 1 atom stereocenters. The number of hydroxylamine groups is 2. The van der Waals surface area contributed by atoms with Crippen LogP contribution in [0.1, 0.15) is 33.4 Å². The van der Waals surface area contributed by atoms with E-state index in [1.54, 1.807) is 43.4 Å². The topological polar surface area (TPSA) is 111 Å². The Balaban J connectivity index is 1.52. The number of aromatic nitrogens is 2. The van der Waals surface area contributed by atoms with Gasteiger partial charge in [-0.1, -0.05) is 11.2 Å². The summed E-state index contributed by atoms with van der Waals surface area (Å²) in [5.41, 5.74) is 1.56. The molecule has 0 aromatic carbocycles. The third kappa shape index (κ3) is 5.88. The predicted molar refractivity (Wildman–Crippen MR) is 118 cm³/mol. The van der Waals surface area contributed by atoms with Gasteiger partial charge >= 0.3 is 12.1 Å². The molecule has 0 aliphatic carbocycles. The average Bonchev–Trinajstić information content (AvgIpc) is 3.29. The number of hydrogen-bond donors (Lipinski definition) is 1. The molecule has 11 heteroatoms. The van der Waals surface area contributed by atoms with Gasteiger partial charge in [0.05, 0.1) is 31.4 Å². The van der Waals surface area contributed by atoms with Crippen LogP contribution in [0.15, 0.2) is 36.1 Å². The van der Waals surface area contributed by atoms with E-state index < -0.39 is 11.7 Å². The highest BCUT2D eigenvalue weighted by Gasteiger charge is 2.41. The Bertz CT molecular complexity index is 916. The van der Waals surface area contributed by atoms with Gasteiger partial charge < -0.3 is 19.8 Å². The SMILES string of the molecule is C=CCON1C(=O)N2CC(n3ccc(/C(C)=N\OCCNC(=O)OC(C)(C)C)n3)=CC1C2. The predicted octanol–water partition coefficient (Wildman–Crippen LogP) is 2.23. The fourth-order valence-corrected chi connectivity index (χ4v) is 3.19. The zero-order valence-corrected chi connectivity index (χ0v) is 18.9. The maximum Gasteiger partial charge on any atom is 0.407 e. The standard InChI is InChI=1S/C21H30N6O5/c1-6-10-31-27-17-12-16(13-25(14-17)20(27)29)26-9-7-18(23-26)15(2)24-30-11-8-22-19(28)32-21(3,4)5/h6-7,9,12,17H,1,8,10-11,13-14H2,2-5H3,(H,22,28)/b24-15-. The van der Waals surface area contributed by atoms with Crippen LogP contribution < -0.4 is 5.32 Å². The van der Waals surface area contributed by atoms with Gasteiger partial charge in [0.1, 0.15) is 23.6 Å². The minimum Gasteiger partial charge on any atom is -0.444 e. The highest BCUT2D eigenvalue weighted by molar-refractivity contribution is 5.96. The number of amides is 3. The molecule has 1 saturated heterocycles. The summed E-state index contributed by atoms with van der Waals surface area (Å²) in [5, 5.41) is 12.6. The summed E-state index contributed by atoms with van der Waals surface area (Å²) in [5.74, 6) is 0. The molecule has 1 fully saturated rings. The van der Waals surface area contributed by atoms with Crippen LogP contribution in [0.25, 0.3) is 5.70 Å². The van der Waals surface area contributed by atoms with Crippen molar-refractivity contribution in [3.05, 3.63) is 36.7 Å². The number of alkyl carbamates (subject to hydrolysis) is 1. The number of oxime groups is 1. The second-order valence-corrected chi connectivity index (χ2v) is 8.38. The summed E-state index contributed by atoms with van der Waals surface area (Å²) >= 11 is 0. The number of rotatable bonds is 9. The molecule has 11 nitrogen and oxygen atoms in total. The maximum absolute atomic E-state index is 12.4. The van der Waals surface area contributed by atoms with Crippen molar-refractivity contribution in [1.29, 1.82) is 0 Å². The van der Waals surface area contributed by atoms with Crippen LogP contribution in [0.3, 0.4) is 0 Å². The fraction of sp³-hybridized carbons (Fsp3) is 0.524. The molecule has 0 spiro atoms. The lowest BCUT2D eigenvalue weighted by Gasteiger charge is -2.21. The largest absolute Gasteiger partial charge is 0.444 e. The third-order valence-electron chi connectivity index (χ3n) is 4.55. The number of carbonyl (C=O) groups is 2. The Morgan fingerprint density at radius 1 is 1.44 bits per heavy atom. The van der Waals surface area contributed by atoms with Gasteiger partial charge in [-0.3, -0.25) is 4.84 Å². The van der Waals surface area contributed by atoms with Crippen molar-refractivity contribution < 1.29 is 24.0 Å². The van der Waals surface area contributed by atoms with Crippen LogP contribution in [-0.2, 0) is 14.4 Å². The zero-order valence-electron chi connectivity index (χ0n) is 18.9. The number of hydrogen-bond acceptors (Lipinski definition) is 7. The quantitative estimate of drug-likeness (QED) is 0.270. The first-order chi connectivity index (χ1) is 15.2. The summed E-state index contributed by atoms with van der Waals surface area (Å²) in [6.45, 7) is 12.5. The Morgan fingerprint density at radius 2 is 2.22 bits per heavy atom. The van der Waals surface area contributed by atoms with Crippen molar-refractivity contribution in [2.24, 2.45) is 5.16 Å². The van der Waals surface area contributed by atoms with E-state index in [1.807, 2.05) is 18.3 Å². The maximum atomic E-state index is 12.4. The van der Waals surface area contributed by atoms with E-state index in [9.17, 15) is 9.59 Å². The first kappa shape index (κ1) is 23.3. The Morgan fingerprint density at radius 3 is 2.94 bits per heavy atom. The summed E-state index contributed by atoms with van der Waals surface area (Å²) in [6, 6.07) is 1.48. The van der Waals surface area contributed by atoms with E-state index in [4.69, 9.17) is 14.4 Å². The second kappa shape index (κ2) is 9.86. The van der Waals surface area contributed by atoms with E-state index in [0.29, 0.717) is 24.5 Å². The Hall–Kier alpha value is -3.34. The molecule has 1 aromatic rings. The molecule has 2 aliphatic rings. The molecule has 3 amide bonds. The number of carbonyl (C=O) groups excluding carboxylic acids is 2. The highest BCUT2D eigenvalue weighted by atomic mass is 16.7. The zero-order chi connectivity index (χ0) is 23.3. The molecule has 3 heterocycles. The lowest BCUT2D eigenvalue weighted by Crippen LogP contribution is -2.34. The average molecular weight is 447 g/mol. The number of nitrogens with one attached hydrogen (secondary N) is 1. The van der Waals surface area contributed by atoms with Crippen molar-refractivity contribution in [2.45, 2.75) is 39.3 Å². The van der Waals surface area contributed by atoms with E-state index in [2.05, 4.69) is 22.2 Å². The normalized spacial score (nSPS) is 18.5. The molecular formula is C21H30N6O5. The molecule has 32 heavy (non-hydrogen) atoms. The number of ether oxygens (including phenoxy) is 1. The lowest BCUT2D eigenvalue weighted by molar-refractivity contribution is -0.107. The van der Waals surface area contributed by atoms with Crippen molar-refractivity contribution in [1.82, 2.24) is 25.1 Å². The van der Waals surface area contributed by atoms with E-state index in [1.165, 1.54) is 5.06 Å². The van der Waals surface area contributed by atoms with Gasteiger partial charge in [0, 0.05) is 12.7 Å². The number of nitrogens with zero attached hydrogens (tertiary/aromatic N) is 5. The lowest BCUT2D eigenvalue weighted by atomic mass is 10.2. The van der Waals surface area contributed by atoms with Crippen molar-refractivity contribution in [2.75, 3.05) is 32.8 Å². The first-order valence-electron chi connectivity index (χ1n) is 10.4. The first-order valence-corrected chi connectivity index (χ1v) is 10.4. The van der Waals surface area contributed by atoms with Crippen molar-refractivity contribution >= 4 is 23.5 Å². The van der Waals surface area contributed by atoms with Gasteiger partial charge in [-0.15, -0.1) is 6.58 Å². The Labute approximate surface area is 187 Å². The molecule has 0 saturated carbocycles. The second-order valence-electron chi connectivity index (χ2n) is 8.38. The summed E-state index contributed by atoms with van der Waals surface area (Å²) in [4.78, 5) is 36.5. The van der Waals surface area contributed by atoms with Crippen LogP contribution >= 0.6 is 0 Å². The number of fused-ring (bicyclic) bond motifs is 2. The van der Waals surface area contributed by atoms with E-state index in [-0.39, 0.29) is 31.8 Å². The van der Waals surface area contributed by atoms with E-state index >= 15 is 0 Å². The number of urea groups is 1. The molecule has 0 radical (unpaired) electrons. The molecule has 1 unspecified atom stereocenters. The smallest absolute Gasteiger partial charge is 0.407 e. The van der Waals surface area contributed by atoms with Gasteiger partial charge in [-0.2, -0.15) is 10.2 Å². The van der Waals surface area contributed by atoms with Gasteiger partial charge in [0.15, 0.2) is 0 Å². The van der Waals surface area contributed by atoms with Crippen molar-refractivity contribution in [3.63, 3.8) is 0 Å². The fourth-order valence-electron chi connectivity index (χ4n) is 3.19. The van der Waals surface area contributed by atoms with Crippen LogP contribution in [0, 0.1) is 0 Å². The third-order valence-corrected chi connectivity index (χ3v) is 4.55. The summed E-state index contributed by atoms with van der Waals surface area (Å²) < 4.78 is 6.87.